The molecule has 0 aliphatic heterocycles. The van der Waals surface area contributed by atoms with Crippen LogP contribution in [-0.2, 0) is 6.54 Å². The van der Waals surface area contributed by atoms with E-state index in [0.29, 0.717) is 10.4 Å². The molecular weight excluding hydrogens is 317 g/mol. The molecule has 0 aliphatic rings. The maximum absolute atomic E-state index is 13.1. The maximum atomic E-state index is 13.1. The summed E-state index contributed by atoms with van der Waals surface area (Å²) in [5.74, 6) is 0.441. The predicted octanol–water partition coefficient (Wildman–Crippen LogP) is 4.72. The van der Waals surface area contributed by atoms with Gasteiger partial charge in [0, 0.05) is 19.0 Å². The molecule has 0 radical (unpaired) electrons. The van der Waals surface area contributed by atoms with Gasteiger partial charge in [0.1, 0.15) is 5.82 Å². The van der Waals surface area contributed by atoms with E-state index in [9.17, 15) is 4.39 Å². The lowest BCUT2D eigenvalue weighted by molar-refractivity contribution is 0.286. The fraction of sp³-hybridized carbons (Fsp3) is 0.571. The summed E-state index contributed by atoms with van der Waals surface area (Å²) >= 11 is 9.25. The molecule has 0 spiro atoms. The Kier molecular flexibility index (Phi) is 6.61. The van der Waals surface area contributed by atoms with Crippen LogP contribution in [0.25, 0.3) is 0 Å². The maximum Gasteiger partial charge on any atom is 0.137 e. The van der Waals surface area contributed by atoms with Gasteiger partial charge in [-0.1, -0.05) is 19.9 Å². The van der Waals surface area contributed by atoms with Gasteiger partial charge in [0.05, 0.1) is 4.47 Å². The molecule has 1 nitrogen and oxygen atoms in total. The third kappa shape index (κ3) is 4.22. The summed E-state index contributed by atoms with van der Waals surface area (Å²) in [4.78, 5) is 0. The van der Waals surface area contributed by atoms with Gasteiger partial charge in [0.25, 0.3) is 0 Å². The molecule has 0 saturated carbocycles. The smallest absolute Gasteiger partial charge is 0.137 e. The monoisotopic (exact) mass is 335 g/mol. The van der Waals surface area contributed by atoms with Crippen LogP contribution in [0.4, 0.5) is 4.39 Å². The molecule has 18 heavy (non-hydrogen) atoms. The van der Waals surface area contributed by atoms with Crippen molar-refractivity contribution in [2.24, 2.45) is 5.41 Å². The van der Waals surface area contributed by atoms with E-state index < -0.39 is 0 Å². The number of hydrogen-bond donors (Lipinski definition) is 1. The van der Waals surface area contributed by atoms with E-state index in [4.69, 9.17) is 11.6 Å². The minimum atomic E-state index is -0.226. The summed E-state index contributed by atoms with van der Waals surface area (Å²) in [7, 11) is 0. The SMILES string of the molecule is CCC(CC)(CCl)CNCc1ccc(F)c(Br)c1. The van der Waals surface area contributed by atoms with Crippen molar-refractivity contribution in [3.63, 3.8) is 0 Å². The van der Waals surface area contributed by atoms with Gasteiger partial charge in [-0.15, -0.1) is 11.6 Å². The van der Waals surface area contributed by atoms with Crippen LogP contribution in [0.5, 0.6) is 0 Å². The van der Waals surface area contributed by atoms with Gasteiger partial charge in [-0.25, -0.2) is 4.39 Å². The highest BCUT2D eigenvalue weighted by Gasteiger charge is 2.24. The van der Waals surface area contributed by atoms with Crippen molar-refractivity contribution in [2.75, 3.05) is 12.4 Å². The highest BCUT2D eigenvalue weighted by molar-refractivity contribution is 9.10. The van der Waals surface area contributed by atoms with Crippen molar-refractivity contribution in [1.82, 2.24) is 5.32 Å². The summed E-state index contributed by atoms with van der Waals surface area (Å²) in [5.41, 5.74) is 1.23. The lowest BCUT2D eigenvalue weighted by Crippen LogP contribution is -2.34. The van der Waals surface area contributed by atoms with E-state index in [2.05, 4.69) is 35.1 Å². The first-order valence-corrected chi connectivity index (χ1v) is 7.60. The van der Waals surface area contributed by atoms with Gasteiger partial charge in [-0.2, -0.15) is 0 Å². The highest BCUT2D eigenvalue weighted by Crippen LogP contribution is 2.27. The number of halogens is 3. The van der Waals surface area contributed by atoms with Crippen LogP contribution >= 0.6 is 27.5 Å². The Bertz CT molecular complexity index is 372. The first-order chi connectivity index (χ1) is 8.56. The van der Waals surface area contributed by atoms with Crippen molar-refractivity contribution < 1.29 is 4.39 Å². The summed E-state index contributed by atoms with van der Waals surface area (Å²) in [6.07, 6.45) is 2.13. The lowest BCUT2D eigenvalue weighted by Gasteiger charge is -2.29. The van der Waals surface area contributed by atoms with Crippen LogP contribution in [-0.4, -0.2) is 12.4 Å². The molecule has 0 aromatic heterocycles. The second-order valence-corrected chi connectivity index (χ2v) is 5.81. The number of alkyl halides is 1. The van der Waals surface area contributed by atoms with Gasteiger partial charge in [-0.3, -0.25) is 0 Å². The average Bonchev–Trinajstić information content (AvgIpc) is 2.39. The second-order valence-electron chi connectivity index (χ2n) is 4.69. The van der Waals surface area contributed by atoms with E-state index in [1.807, 2.05) is 6.07 Å². The molecule has 1 N–H and O–H groups in total. The third-order valence-electron chi connectivity index (χ3n) is 3.60. The summed E-state index contributed by atoms with van der Waals surface area (Å²) < 4.78 is 13.6. The van der Waals surface area contributed by atoms with Crippen molar-refractivity contribution >= 4 is 27.5 Å². The summed E-state index contributed by atoms with van der Waals surface area (Å²) in [6.45, 7) is 5.96. The van der Waals surface area contributed by atoms with Crippen molar-refractivity contribution in [3.8, 4) is 0 Å². The lowest BCUT2D eigenvalue weighted by atomic mass is 9.84. The van der Waals surface area contributed by atoms with Crippen LogP contribution in [0, 0.1) is 11.2 Å². The van der Waals surface area contributed by atoms with Gasteiger partial charge < -0.3 is 5.32 Å². The predicted molar refractivity (Wildman–Crippen MR) is 79.5 cm³/mol. The van der Waals surface area contributed by atoms with Gasteiger partial charge in [0.2, 0.25) is 0 Å². The van der Waals surface area contributed by atoms with Crippen molar-refractivity contribution in [2.45, 2.75) is 33.2 Å². The second kappa shape index (κ2) is 7.46. The zero-order valence-electron chi connectivity index (χ0n) is 10.9. The first kappa shape index (κ1) is 15.9. The van der Waals surface area contributed by atoms with Gasteiger partial charge in [0.15, 0.2) is 0 Å². The van der Waals surface area contributed by atoms with Crippen molar-refractivity contribution in [3.05, 3.63) is 34.1 Å². The molecule has 0 heterocycles. The fourth-order valence-corrected chi connectivity index (χ4v) is 2.76. The Morgan fingerprint density at radius 2 is 2.00 bits per heavy atom. The first-order valence-electron chi connectivity index (χ1n) is 6.27. The zero-order chi connectivity index (χ0) is 13.6. The quantitative estimate of drug-likeness (QED) is 0.710. The fourth-order valence-electron chi connectivity index (χ4n) is 1.86. The van der Waals surface area contributed by atoms with E-state index in [1.165, 1.54) is 6.07 Å². The number of rotatable bonds is 7. The van der Waals surface area contributed by atoms with E-state index in [-0.39, 0.29) is 11.2 Å². The van der Waals surface area contributed by atoms with Crippen LogP contribution < -0.4 is 5.32 Å². The summed E-state index contributed by atoms with van der Waals surface area (Å²) in [5, 5.41) is 3.41. The number of benzene rings is 1. The van der Waals surface area contributed by atoms with Crippen LogP contribution in [0.2, 0.25) is 0 Å². The number of hydrogen-bond acceptors (Lipinski definition) is 1. The Morgan fingerprint density at radius 3 is 2.50 bits per heavy atom. The molecule has 102 valence electrons. The standard InChI is InChI=1S/C14H20BrClFN/c1-3-14(4-2,9-16)10-18-8-11-5-6-13(17)12(15)7-11/h5-7,18H,3-4,8-10H2,1-2H3. The Labute approximate surface area is 122 Å². The minimum absolute atomic E-state index is 0.165. The molecule has 1 aromatic carbocycles. The molecule has 0 saturated heterocycles. The molecule has 0 bridgehead atoms. The average molecular weight is 337 g/mol. The molecular formula is C14H20BrClFN. The molecule has 0 amide bonds. The zero-order valence-corrected chi connectivity index (χ0v) is 13.2. The van der Waals surface area contributed by atoms with Crippen LogP contribution in [0.1, 0.15) is 32.3 Å². The van der Waals surface area contributed by atoms with Crippen LogP contribution in [0.15, 0.2) is 22.7 Å². The highest BCUT2D eigenvalue weighted by atomic mass is 79.9. The molecule has 0 atom stereocenters. The third-order valence-corrected chi connectivity index (χ3v) is 4.77. The van der Waals surface area contributed by atoms with Gasteiger partial charge >= 0.3 is 0 Å². The minimum Gasteiger partial charge on any atom is -0.312 e. The Morgan fingerprint density at radius 1 is 1.33 bits per heavy atom. The molecule has 1 rings (SSSR count). The normalized spacial score (nSPS) is 11.8. The van der Waals surface area contributed by atoms with Crippen molar-refractivity contribution in [1.29, 1.82) is 0 Å². The molecule has 1 aromatic rings. The van der Waals surface area contributed by atoms with Gasteiger partial charge in [-0.05, 0) is 51.9 Å². The van der Waals surface area contributed by atoms with E-state index in [1.54, 1.807) is 6.07 Å². The molecule has 0 fully saturated rings. The van der Waals surface area contributed by atoms with E-state index in [0.717, 1.165) is 31.5 Å². The molecule has 0 unspecified atom stereocenters. The Balaban J connectivity index is 2.52. The largest absolute Gasteiger partial charge is 0.312 e. The van der Waals surface area contributed by atoms with E-state index >= 15 is 0 Å². The summed E-state index contributed by atoms with van der Waals surface area (Å²) in [6, 6.07) is 5.09. The topological polar surface area (TPSA) is 12.0 Å². The van der Waals surface area contributed by atoms with Crippen LogP contribution in [0.3, 0.4) is 0 Å². The number of nitrogens with one attached hydrogen (secondary N) is 1. The molecule has 0 aliphatic carbocycles. The Hall–Kier alpha value is -0.120. The molecule has 4 heteroatoms.